The largest absolute Gasteiger partial charge is 0.486 e. The molecule has 27 heavy (non-hydrogen) atoms. The first-order valence-electron chi connectivity index (χ1n) is 9.50. The lowest BCUT2D eigenvalue weighted by Crippen LogP contribution is -2.25. The van der Waals surface area contributed by atoms with E-state index in [1.807, 2.05) is 20.2 Å². The van der Waals surface area contributed by atoms with Crippen LogP contribution in [0.25, 0.3) is 0 Å². The normalized spacial score (nSPS) is 21.9. The third kappa shape index (κ3) is 3.65. The topological polar surface area (TPSA) is 42.0 Å². The fraction of sp³-hybridized carbons (Fsp3) is 0.409. The van der Waals surface area contributed by atoms with Crippen molar-refractivity contribution in [1.29, 1.82) is 0 Å². The van der Waals surface area contributed by atoms with Gasteiger partial charge in [0.25, 0.3) is 0 Å². The van der Waals surface area contributed by atoms with Gasteiger partial charge in [0.1, 0.15) is 19.5 Å². The van der Waals surface area contributed by atoms with Gasteiger partial charge in [0.15, 0.2) is 11.5 Å². The predicted octanol–water partition coefficient (Wildman–Crippen LogP) is 3.25. The Bertz CT molecular complexity index is 804. The third-order valence-electron chi connectivity index (χ3n) is 5.54. The molecule has 5 heteroatoms. The molecule has 0 bridgehead atoms. The minimum atomic E-state index is 0.254. The summed E-state index contributed by atoms with van der Waals surface area (Å²) in [5, 5.41) is 0. The summed E-state index contributed by atoms with van der Waals surface area (Å²) < 4.78 is 11.4. The van der Waals surface area contributed by atoms with Crippen LogP contribution in [-0.4, -0.2) is 51.6 Å². The molecule has 0 N–H and O–H groups in total. The van der Waals surface area contributed by atoms with E-state index in [1.165, 1.54) is 16.8 Å². The first kappa shape index (κ1) is 17.9. The van der Waals surface area contributed by atoms with Crippen molar-refractivity contribution in [3.05, 3.63) is 53.6 Å². The molecule has 5 nitrogen and oxygen atoms in total. The van der Waals surface area contributed by atoms with Gasteiger partial charge in [-0.05, 0) is 47.7 Å². The van der Waals surface area contributed by atoms with Gasteiger partial charge < -0.3 is 19.2 Å². The third-order valence-corrected chi connectivity index (χ3v) is 5.54. The Labute approximate surface area is 160 Å². The summed E-state index contributed by atoms with van der Waals surface area (Å²) >= 11 is 0. The molecular weight excluding hydrogens is 340 g/mol. The molecule has 2 aromatic carbocycles. The van der Waals surface area contributed by atoms with Crippen LogP contribution >= 0.6 is 0 Å². The maximum absolute atomic E-state index is 11.2. The Kier molecular flexibility index (Phi) is 5.03. The first-order valence-corrected chi connectivity index (χ1v) is 9.50. The van der Waals surface area contributed by atoms with E-state index in [4.69, 9.17) is 9.47 Å². The average molecular weight is 366 g/mol. The molecule has 2 heterocycles. The molecule has 2 aliphatic heterocycles. The Hall–Kier alpha value is -2.53. The van der Waals surface area contributed by atoms with Gasteiger partial charge in [-0.25, -0.2) is 0 Å². The van der Waals surface area contributed by atoms with Crippen LogP contribution in [0.15, 0.2) is 42.5 Å². The molecule has 0 aromatic heterocycles. The summed E-state index contributed by atoms with van der Waals surface area (Å²) in [6.45, 7) is 2.53. The van der Waals surface area contributed by atoms with Crippen LogP contribution in [0.3, 0.4) is 0 Å². The van der Waals surface area contributed by atoms with Gasteiger partial charge in [-0.15, -0.1) is 0 Å². The number of carbonyl (C=O) groups excluding carboxylic acids is 1. The minimum absolute atomic E-state index is 0.254. The zero-order valence-corrected chi connectivity index (χ0v) is 15.9. The smallest absolute Gasteiger partial charge is 0.161 e. The average Bonchev–Trinajstić information content (AvgIpc) is 3.12. The Morgan fingerprint density at radius 2 is 1.74 bits per heavy atom. The summed E-state index contributed by atoms with van der Waals surface area (Å²) in [7, 11) is 4.09. The van der Waals surface area contributed by atoms with Crippen molar-refractivity contribution in [3.8, 4) is 11.5 Å². The summed E-state index contributed by atoms with van der Waals surface area (Å²) in [5.41, 5.74) is 3.70. The monoisotopic (exact) mass is 366 g/mol. The molecule has 0 saturated carbocycles. The number of fused-ring (bicyclic) bond motifs is 1. The number of hydrogen-bond donors (Lipinski definition) is 0. The summed E-state index contributed by atoms with van der Waals surface area (Å²) in [6, 6.07) is 15.2. The second kappa shape index (κ2) is 7.61. The summed E-state index contributed by atoms with van der Waals surface area (Å²) in [6.07, 6.45) is 2.00. The van der Waals surface area contributed by atoms with Gasteiger partial charge in [0.05, 0.1) is 6.54 Å². The molecule has 0 radical (unpaired) electrons. The number of likely N-dealkylation sites (tertiary alicyclic amines) is 1. The highest BCUT2D eigenvalue weighted by molar-refractivity contribution is 5.53. The number of benzene rings is 2. The zero-order chi connectivity index (χ0) is 18.8. The SMILES string of the molecule is CN(C)c1ccc([C@H]2C[C@@H](c3ccc4c(c3)OCCO4)CN2CC=O)cc1. The van der Waals surface area contributed by atoms with Crippen molar-refractivity contribution in [1.82, 2.24) is 4.90 Å². The fourth-order valence-corrected chi connectivity index (χ4v) is 4.10. The van der Waals surface area contributed by atoms with Gasteiger partial charge in [-0.1, -0.05) is 18.2 Å². The predicted molar refractivity (Wildman–Crippen MR) is 106 cm³/mol. The van der Waals surface area contributed by atoms with E-state index < -0.39 is 0 Å². The van der Waals surface area contributed by atoms with Crippen molar-refractivity contribution >= 4 is 12.0 Å². The number of nitrogens with zero attached hydrogens (tertiary/aromatic N) is 2. The molecule has 0 spiro atoms. The lowest BCUT2D eigenvalue weighted by molar-refractivity contribution is -0.109. The molecule has 0 amide bonds. The van der Waals surface area contributed by atoms with Crippen LogP contribution in [-0.2, 0) is 4.79 Å². The standard InChI is InChI=1S/C22H26N2O3/c1-23(2)19-6-3-16(4-7-19)20-13-18(15-24(20)9-10-25)17-5-8-21-22(14-17)27-12-11-26-21/h3-8,10,14,18,20H,9,11-13,15H2,1-2H3/t18-,20-/m1/s1. The zero-order valence-electron chi connectivity index (χ0n) is 15.9. The molecule has 4 rings (SSSR count). The van der Waals surface area contributed by atoms with Crippen LogP contribution in [0, 0.1) is 0 Å². The van der Waals surface area contributed by atoms with E-state index in [2.05, 4.69) is 46.2 Å². The minimum Gasteiger partial charge on any atom is -0.486 e. The van der Waals surface area contributed by atoms with Crippen molar-refractivity contribution in [3.63, 3.8) is 0 Å². The quantitative estimate of drug-likeness (QED) is 0.760. The summed E-state index contributed by atoms with van der Waals surface area (Å²) in [4.78, 5) is 15.6. The van der Waals surface area contributed by atoms with E-state index >= 15 is 0 Å². The fourth-order valence-electron chi connectivity index (χ4n) is 4.10. The molecule has 0 unspecified atom stereocenters. The van der Waals surface area contributed by atoms with E-state index in [0.717, 1.165) is 30.8 Å². The van der Waals surface area contributed by atoms with Crippen molar-refractivity contribution in [2.75, 3.05) is 45.3 Å². The number of rotatable bonds is 5. The van der Waals surface area contributed by atoms with E-state index in [1.54, 1.807) is 0 Å². The number of carbonyl (C=O) groups is 1. The van der Waals surface area contributed by atoms with Gasteiger partial charge in [0, 0.05) is 32.4 Å². The Morgan fingerprint density at radius 3 is 2.44 bits per heavy atom. The second-order valence-electron chi connectivity index (χ2n) is 7.46. The van der Waals surface area contributed by atoms with Crippen molar-refractivity contribution < 1.29 is 14.3 Å². The van der Waals surface area contributed by atoms with Crippen LogP contribution in [0.2, 0.25) is 0 Å². The maximum atomic E-state index is 11.2. The first-order chi connectivity index (χ1) is 13.2. The van der Waals surface area contributed by atoms with Crippen LogP contribution in [0.5, 0.6) is 11.5 Å². The summed E-state index contributed by atoms with van der Waals surface area (Å²) in [5.74, 6) is 2.03. The highest BCUT2D eigenvalue weighted by atomic mass is 16.6. The molecule has 1 saturated heterocycles. The highest BCUT2D eigenvalue weighted by Crippen LogP contribution is 2.42. The maximum Gasteiger partial charge on any atom is 0.161 e. The Morgan fingerprint density at radius 1 is 1.04 bits per heavy atom. The Balaban J connectivity index is 1.57. The number of ether oxygens (including phenoxy) is 2. The van der Waals surface area contributed by atoms with Crippen LogP contribution in [0.1, 0.15) is 29.5 Å². The lowest BCUT2D eigenvalue weighted by Gasteiger charge is -2.23. The highest BCUT2D eigenvalue weighted by Gasteiger charge is 2.34. The number of hydrogen-bond acceptors (Lipinski definition) is 5. The molecular formula is C22H26N2O3. The van der Waals surface area contributed by atoms with Gasteiger partial charge in [-0.3, -0.25) is 4.90 Å². The van der Waals surface area contributed by atoms with Gasteiger partial charge in [0.2, 0.25) is 0 Å². The van der Waals surface area contributed by atoms with E-state index in [9.17, 15) is 4.79 Å². The second-order valence-corrected chi connectivity index (χ2v) is 7.46. The lowest BCUT2D eigenvalue weighted by atomic mass is 9.93. The van der Waals surface area contributed by atoms with E-state index in [0.29, 0.717) is 25.7 Å². The number of aldehydes is 1. The van der Waals surface area contributed by atoms with E-state index in [-0.39, 0.29) is 6.04 Å². The van der Waals surface area contributed by atoms with Crippen molar-refractivity contribution in [2.24, 2.45) is 0 Å². The van der Waals surface area contributed by atoms with Gasteiger partial charge >= 0.3 is 0 Å². The molecule has 2 atom stereocenters. The molecule has 0 aliphatic carbocycles. The van der Waals surface area contributed by atoms with Gasteiger partial charge in [-0.2, -0.15) is 0 Å². The van der Waals surface area contributed by atoms with Crippen LogP contribution < -0.4 is 14.4 Å². The molecule has 1 fully saturated rings. The molecule has 2 aromatic rings. The molecule has 2 aliphatic rings. The molecule has 142 valence electrons. The van der Waals surface area contributed by atoms with Crippen LogP contribution in [0.4, 0.5) is 5.69 Å². The van der Waals surface area contributed by atoms with Crippen molar-refractivity contribution in [2.45, 2.75) is 18.4 Å². The number of anilines is 1.